The maximum atomic E-state index is 5.78. The first-order chi connectivity index (χ1) is 8.22. The number of rotatable bonds is 4. The summed E-state index contributed by atoms with van der Waals surface area (Å²) < 4.78 is 6.61. The molecule has 3 nitrogen and oxygen atoms in total. The molecular weight excluding hydrogens is 351 g/mol. The Morgan fingerprint density at radius 1 is 1.32 bits per heavy atom. The topological polar surface area (TPSA) is 28.4 Å². The molecule has 1 aliphatic heterocycles. The van der Waals surface area contributed by atoms with E-state index in [-0.39, 0.29) is 24.8 Å². The number of nitrogens with zero attached hydrogens (tertiary/aromatic N) is 1. The molecule has 0 aromatic carbocycles. The summed E-state index contributed by atoms with van der Waals surface area (Å²) in [4.78, 5) is 2.54. The summed E-state index contributed by atoms with van der Waals surface area (Å²) in [7, 11) is 0. The normalized spacial score (nSPS) is 19.1. The van der Waals surface area contributed by atoms with Crippen molar-refractivity contribution in [2.24, 2.45) is 5.92 Å². The largest absolute Gasteiger partial charge is 0.453 e. The van der Waals surface area contributed by atoms with Crippen molar-refractivity contribution in [3.05, 3.63) is 22.6 Å². The van der Waals surface area contributed by atoms with Gasteiger partial charge in [0.2, 0.25) is 0 Å². The summed E-state index contributed by atoms with van der Waals surface area (Å²) in [6.07, 6.45) is 1.17. The molecule has 0 bridgehead atoms. The van der Waals surface area contributed by atoms with Gasteiger partial charge in [-0.1, -0.05) is 20.3 Å². The highest BCUT2D eigenvalue weighted by atomic mass is 79.9. The van der Waals surface area contributed by atoms with Gasteiger partial charge in [0.25, 0.3) is 0 Å². The van der Waals surface area contributed by atoms with Gasteiger partial charge in [-0.25, -0.2) is 0 Å². The number of hydrogen-bond acceptors (Lipinski definition) is 3. The molecule has 1 unspecified atom stereocenters. The molecule has 1 aromatic heterocycles. The molecule has 1 fully saturated rings. The van der Waals surface area contributed by atoms with E-state index in [0.717, 1.165) is 36.6 Å². The second kappa shape index (κ2) is 9.24. The molecule has 6 heteroatoms. The molecule has 0 radical (unpaired) electrons. The molecule has 1 N–H and O–H groups in total. The Labute approximate surface area is 136 Å². The predicted octanol–water partition coefficient (Wildman–Crippen LogP) is 3.88. The number of nitrogens with one attached hydrogen (secondary N) is 1. The van der Waals surface area contributed by atoms with Gasteiger partial charge in [0.15, 0.2) is 4.67 Å². The van der Waals surface area contributed by atoms with Crippen LogP contribution in [-0.2, 0) is 0 Å². The summed E-state index contributed by atoms with van der Waals surface area (Å²) >= 11 is 3.40. The van der Waals surface area contributed by atoms with E-state index in [1.54, 1.807) is 0 Å². The lowest BCUT2D eigenvalue weighted by atomic mass is 9.95. The lowest BCUT2D eigenvalue weighted by Gasteiger charge is -2.36. The van der Waals surface area contributed by atoms with Gasteiger partial charge in [0, 0.05) is 26.2 Å². The van der Waals surface area contributed by atoms with Crippen LogP contribution in [0.2, 0.25) is 0 Å². The zero-order valence-corrected chi connectivity index (χ0v) is 14.6. The van der Waals surface area contributed by atoms with Gasteiger partial charge in [-0.2, -0.15) is 0 Å². The molecule has 0 amide bonds. The second-order valence-electron chi connectivity index (χ2n) is 4.76. The minimum Gasteiger partial charge on any atom is -0.453 e. The fourth-order valence-electron chi connectivity index (χ4n) is 2.49. The van der Waals surface area contributed by atoms with Crippen molar-refractivity contribution < 1.29 is 4.42 Å². The van der Waals surface area contributed by atoms with Crippen molar-refractivity contribution in [1.29, 1.82) is 0 Å². The minimum atomic E-state index is 0. The molecule has 0 saturated carbocycles. The third kappa shape index (κ3) is 4.94. The highest BCUT2D eigenvalue weighted by Gasteiger charge is 2.28. The van der Waals surface area contributed by atoms with E-state index in [4.69, 9.17) is 4.42 Å². The first-order valence-corrected chi connectivity index (χ1v) is 7.21. The van der Waals surface area contributed by atoms with Crippen LogP contribution in [0.5, 0.6) is 0 Å². The Bertz CT molecular complexity index is 356. The lowest BCUT2D eigenvalue weighted by molar-refractivity contribution is 0.109. The summed E-state index contributed by atoms with van der Waals surface area (Å²) in [5.41, 5.74) is 0. The van der Waals surface area contributed by atoms with Crippen LogP contribution in [-0.4, -0.2) is 31.1 Å². The van der Waals surface area contributed by atoms with E-state index >= 15 is 0 Å². The number of halogens is 3. The van der Waals surface area contributed by atoms with E-state index in [2.05, 4.69) is 46.1 Å². The fraction of sp³-hybridized carbons (Fsp3) is 0.692. The van der Waals surface area contributed by atoms with Gasteiger partial charge in [-0.05, 0) is 34.0 Å². The average molecular weight is 374 g/mol. The van der Waals surface area contributed by atoms with Gasteiger partial charge < -0.3 is 9.73 Å². The molecule has 1 saturated heterocycles. The maximum Gasteiger partial charge on any atom is 0.169 e. The monoisotopic (exact) mass is 372 g/mol. The van der Waals surface area contributed by atoms with E-state index < -0.39 is 0 Å². The highest BCUT2D eigenvalue weighted by molar-refractivity contribution is 9.10. The van der Waals surface area contributed by atoms with E-state index in [1.807, 2.05) is 6.07 Å². The van der Waals surface area contributed by atoms with Gasteiger partial charge in [0.1, 0.15) is 5.76 Å². The van der Waals surface area contributed by atoms with Crippen molar-refractivity contribution in [1.82, 2.24) is 10.2 Å². The molecule has 19 heavy (non-hydrogen) atoms. The number of piperazine rings is 1. The third-order valence-electron chi connectivity index (χ3n) is 3.61. The van der Waals surface area contributed by atoms with Crippen LogP contribution in [0, 0.1) is 5.92 Å². The summed E-state index contributed by atoms with van der Waals surface area (Å²) in [5, 5.41) is 3.40. The molecule has 1 aliphatic rings. The molecule has 2 heterocycles. The fourth-order valence-corrected chi connectivity index (χ4v) is 2.81. The summed E-state index contributed by atoms with van der Waals surface area (Å²) in [6, 6.07) is 4.50. The number of hydrogen-bond donors (Lipinski definition) is 1. The van der Waals surface area contributed by atoms with Crippen LogP contribution < -0.4 is 5.32 Å². The van der Waals surface area contributed by atoms with Gasteiger partial charge >= 0.3 is 0 Å². The van der Waals surface area contributed by atoms with Crippen LogP contribution in [0.25, 0.3) is 0 Å². The minimum absolute atomic E-state index is 0. The van der Waals surface area contributed by atoms with Gasteiger partial charge in [0.05, 0.1) is 6.04 Å². The van der Waals surface area contributed by atoms with E-state index in [1.165, 1.54) is 6.42 Å². The number of furan rings is 1. The Morgan fingerprint density at radius 2 is 1.95 bits per heavy atom. The van der Waals surface area contributed by atoms with Crippen molar-refractivity contribution in [3.8, 4) is 0 Å². The van der Waals surface area contributed by atoms with E-state index in [0.29, 0.717) is 12.0 Å². The SMILES string of the molecule is CCC(C)[C@@H](c1ccc(Br)o1)N1CCNCC1.Cl.Cl. The van der Waals surface area contributed by atoms with Crippen molar-refractivity contribution >= 4 is 40.7 Å². The molecular formula is C13H23BrCl2N2O. The predicted molar refractivity (Wildman–Crippen MR) is 87.5 cm³/mol. The van der Waals surface area contributed by atoms with Crippen LogP contribution in [0.4, 0.5) is 0 Å². The summed E-state index contributed by atoms with van der Waals surface area (Å²) in [6.45, 7) is 8.92. The maximum absolute atomic E-state index is 5.78. The first-order valence-electron chi connectivity index (χ1n) is 6.42. The Kier molecular flexibility index (Phi) is 9.37. The van der Waals surface area contributed by atoms with Crippen molar-refractivity contribution in [2.45, 2.75) is 26.3 Å². The van der Waals surface area contributed by atoms with Crippen molar-refractivity contribution in [2.75, 3.05) is 26.2 Å². The van der Waals surface area contributed by atoms with Crippen molar-refractivity contribution in [3.63, 3.8) is 0 Å². The molecule has 2 atom stereocenters. The smallest absolute Gasteiger partial charge is 0.169 e. The van der Waals surface area contributed by atoms with Crippen LogP contribution >= 0.6 is 40.7 Å². The standard InChI is InChI=1S/C13H21BrN2O.2ClH/c1-3-10(2)13(11-4-5-12(14)17-11)16-8-6-15-7-9-16;;/h4-5,10,13,15H,3,6-9H2,1-2H3;2*1H/t10?,13-;;/m0../s1. The highest BCUT2D eigenvalue weighted by Crippen LogP contribution is 2.33. The molecule has 0 aliphatic carbocycles. The second-order valence-corrected chi connectivity index (χ2v) is 5.54. The first kappa shape index (κ1) is 19.3. The zero-order valence-electron chi connectivity index (χ0n) is 11.4. The Morgan fingerprint density at radius 3 is 2.42 bits per heavy atom. The quantitative estimate of drug-likeness (QED) is 0.867. The third-order valence-corrected chi connectivity index (χ3v) is 4.04. The van der Waals surface area contributed by atoms with Gasteiger partial charge in [-0.3, -0.25) is 4.90 Å². The summed E-state index contributed by atoms with van der Waals surface area (Å²) in [5.74, 6) is 1.71. The Balaban J connectivity index is 0.00000162. The molecule has 2 rings (SSSR count). The molecule has 1 aromatic rings. The average Bonchev–Trinajstić information content (AvgIpc) is 2.77. The van der Waals surface area contributed by atoms with Crippen LogP contribution in [0.1, 0.15) is 32.1 Å². The Hall–Kier alpha value is 0.260. The zero-order chi connectivity index (χ0) is 12.3. The van der Waals surface area contributed by atoms with Crippen LogP contribution in [0.3, 0.4) is 0 Å². The van der Waals surface area contributed by atoms with Gasteiger partial charge in [-0.15, -0.1) is 24.8 Å². The van der Waals surface area contributed by atoms with Crippen LogP contribution in [0.15, 0.2) is 21.2 Å². The molecule has 0 spiro atoms. The van der Waals surface area contributed by atoms with E-state index in [9.17, 15) is 0 Å². The molecule has 112 valence electrons. The lowest BCUT2D eigenvalue weighted by Crippen LogP contribution is -2.46.